The zero-order valence-corrected chi connectivity index (χ0v) is 22.5. The highest BCUT2D eigenvalue weighted by molar-refractivity contribution is 6.24. The van der Waals surface area contributed by atoms with Gasteiger partial charge in [0.05, 0.1) is 11.6 Å². The van der Waals surface area contributed by atoms with Gasteiger partial charge in [0, 0.05) is 11.5 Å². The normalized spacial score (nSPS) is 28.4. The lowest BCUT2D eigenvalue weighted by Gasteiger charge is -2.50. The van der Waals surface area contributed by atoms with Crippen LogP contribution in [0, 0.1) is 17.8 Å². The lowest BCUT2D eigenvalue weighted by atomic mass is 9.57. The number of likely N-dealkylation sites (N-methyl/N-ethyl adjacent to an activating group) is 1. The van der Waals surface area contributed by atoms with Crippen LogP contribution in [0.4, 0.5) is 0 Å². The summed E-state index contributed by atoms with van der Waals surface area (Å²) in [5, 5.41) is 44.9. The molecule has 1 aromatic rings. The average Bonchev–Trinajstić information content (AvgIpc) is 3.28. The van der Waals surface area contributed by atoms with Crippen LogP contribution in [0.2, 0.25) is 0 Å². The highest BCUT2D eigenvalue weighted by Crippen LogP contribution is 2.53. The minimum Gasteiger partial charge on any atom is -0.508 e. The molecule has 1 saturated carbocycles. The number of aliphatic hydroxyl groups is 3. The van der Waals surface area contributed by atoms with E-state index in [4.69, 9.17) is 5.73 Å². The van der Waals surface area contributed by atoms with E-state index in [1.807, 2.05) is 12.1 Å². The Morgan fingerprint density at radius 1 is 1.15 bits per heavy atom. The molecule has 0 heterocycles. The molecule has 4 atom stereocenters. The maximum absolute atomic E-state index is 13.9. The van der Waals surface area contributed by atoms with Gasteiger partial charge in [-0.25, -0.2) is 0 Å². The molecule has 1 fully saturated rings. The third-order valence-corrected chi connectivity index (χ3v) is 8.56. The molecule has 1 aromatic carbocycles. The number of aliphatic hydroxyl groups excluding tert-OH is 2. The van der Waals surface area contributed by atoms with Crippen LogP contribution in [0.3, 0.4) is 0 Å². The van der Waals surface area contributed by atoms with Crippen LogP contribution in [-0.2, 0) is 20.8 Å². The number of phenols is 1. The molecule has 0 bridgehead atoms. The van der Waals surface area contributed by atoms with Gasteiger partial charge >= 0.3 is 0 Å². The van der Waals surface area contributed by atoms with Gasteiger partial charge in [0.1, 0.15) is 22.8 Å². The minimum absolute atomic E-state index is 0.0662. The van der Waals surface area contributed by atoms with E-state index in [1.54, 1.807) is 14.1 Å². The summed E-state index contributed by atoms with van der Waals surface area (Å²) in [6.45, 7) is 4.31. The van der Waals surface area contributed by atoms with E-state index in [-0.39, 0.29) is 29.7 Å². The second kappa shape index (κ2) is 9.20. The van der Waals surface area contributed by atoms with Crippen LogP contribution in [0.1, 0.15) is 49.8 Å². The first-order valence-corrected chi connectivity index (χ1v) is 13.2. The number of phenolic OH excluding ortho intramolecular Hbond substituents is 1. The van der Waals surface area contributed by atoms with E-state index in [0.29, 0.717) is 11.5 Å². The summed E-state index contributed by atoms with van der Waals surface area (Å²) in [6, 6.07) is 2.18. The number of nitrogens with zero attached hydrogens (tertiary/aromatic N) is 1. The van der Waals surface area contributed by atoms with Crippen LogP contribution >= 0.6 is 0 Å². The lowest BCUT2D eigenvalue weighted by Crippen LogP contribution is -2.65. The van der Waals surface area contributed by atoms with Crippen molar-refractivity contribution in [1.82, 2.24) is 4.90 Å². The third-order valence-electron chi connectivity index (χ3n) is 8.56. The van der Waals surface area contributed by atoms with Gasteiger partial charge in [-0.05, 0) is 74.4 Å². The molecule has 0 unspecified atom stereocenters. The SMILES string of the molecule is CC(C)CC1=CC=C(c2ccc(O)c3c2C[C@H]2C[C@H]4[C@H](N(C)C)C(=O)C(C(N)=O)=C(O)[C@@]4(O)C(=O)C2=C3O)C1. The summed E-state index contributed by atoms with van der Waals surface area (Å²) < 4.78 is 0. The second-order valence-corrected chi connectivity index (χ2v) is 11.7. The van der Waals surface area contributed by atoms with E-state index >= 15 is 0 Å². The number of ketones is 2. The molecule has 1 amide bonds. The largest absolute Gasteiger partial charge is 0.508 e. The number of fused-ring (bicyclic) bond motifs is 3. The Labute approximate surface area is 226 Å². The van der Waals surface area contributed by atoms with Gasteiger partial charge in [0.15, 0.2) is 11.4 Å². The molecule has 4 aliphatic rings. The predicted octanol–water partition coefficient (Wildman–Crippen LogP) is 2.72. The van der Waals surface area contributed by atoms with Gasteiger partial charge in [-0.2, -0.15) is 0 Å². The number of nitrogens with two attached hydrogens (primary N) is 1. The molecule has 9 heteroatoms. The first kappa shape index (κ1) is 26.9. The fourth-order valence-corrected chi connectivity index (χ4v) is 6.98. The molecule has 206 valence electrons. The van der Waals surface area contributed by atoms with Crippen molar-refractivity contribution in [2.75, 3.05) is 14.1 Å². The second-order valence-electron chi connectivity index (χ2n) is 11.7. The maximum atomic E-state index is 13.9. The maximum Gasteiger partial charge on any atom is 0.255 e. The first-order chi connectivity index (χ1) is 18.3. The van der Waals surface area contributed by atoms with E-state index in [1.165, 1.54) is 16.5 Å². The Kier molecular flexibility index (Phi) is 6.35. The number of carbonyl (C=O) groups is 3. The number of Topliss-reactive ketones (excluding diaryl/α,β-unsaturated/α-hetero) is 2. The number of primary amides is 1. The van der Waals surface area contributed by atoms with Gasteiger partial charge in [-0.15, -0.1) is 0 Å². The van der Waals surface area contributed by atoms with Crippen molar-refractivity contribution in [1.29, 1.82) is 0 Å². The van der Waals surface area contributed by atoms with Crippen LogP contribution in [-0.4, -0.2) is 68.5 Å². The predicted molar refractivity (Wildman–Crippen MR) is 144 cm³/mol. The molecule has 0 saturated heterocycles. The highest BCUT2D eigenvalue weighted by atomic mass is 16.3. The molecule has 0 radical (unpaired) electrons. The molecular formula is C30H34N2O7. The number of aromatic hydroxyl groups is 1. The van der Waals surface area contributed by atoms with Crippen molar-refractivity contribution in [3.63, 3.8) is 0 Å². The lowest BCUT2D eigenvalue weighted by molar-refractivity contribution is -0.153. The number of hydrogen-bond donors (Lipinski definition) is 5. The number of carbonyl (C=O) groups excluding carboxylic acids is 3. The van der Waals surface area contributed by atoms with E-state index in [0.717, 1.165) is 24.0 Å². The van der Waals surface area contributed by atoms with Crippen molar-refractivity contribution in [2.24, 2.45) is 23.5 Å². The number of benzene rings is 1. The fourth-order valence-electron chi connectivity index (χ4n) is 6.98. The Morgan fingerprint density at radius 3 is 2.46 bits per heavy atom. The summed E-state index contributed by atoms with van der Waals surface area (Å²) in [6.07, 6.45) is 6.18. The van der Waals surface area contributed by atoms with Crippen molar-refractivity contribution >= 4 is 28.8 Å². The summed E-state index contributed by atoms with van der Waals surface area (Å²) >= 11 is 0. The highest BCUT2D eigenvalue weighted by Gasteiger charge is 2.64. The molecule has 5 rings (SSSR count). The molecular weight excluding hydrogens is 500 g/mol. The molecule has 39 heavy (non-hydrogen) atoms. The van der Waals surface area contributed by atoms with Crippen LogP contribution in [0.15, 0.2) is 46.8 Å². The molecule has 0 aliphatic heterocycles. The van der Waals surface area contributed by atoms with Crippen molar-refractivity contribution in [3.8, 4) is 5.75 Å². The zero-order valence-electron chi connectivity index (χ0n) is 22.5. The third kappa shape index (κ3) is 3.86. The van der Waals surface area contributed by atoms with Gasteiger partial charge in [0.25, 0.3) is 5.91 Å². The monoisotopic (exact) mass is 534 g/mol. The summed E-state index contributed by atoms with van der Waals surface area (Å²) in [7, 11) is 3.16. The van der Waals surface area contributed by atoms with E-state index in [9.17, 15) is 34.8 Å². The first-order valence-electron chi connectivity index (χ1n) is 13.2. The van der Waals surface area contributed by atoms with Gasteiger partial charge in [-0.3, -0.25) is 19.3 Å². The minimum atomic E-state index is -2.64. The molecule has 9 nitrogen and oxygen atoms in total. The van der Waals surface area contributed by atoms with Crippen molar-refractivity contribution in [2.45, 2.75) is 51.2 Å². The average molecular weight is 535 g/mol. The van der Waals surface area contributed by atoms with Gasteiger partial charge in [0.2, 0.25) is 5.78 Å². The Bertz CT molecular complexity index is 1450. The van der Waals surface area contributed by atoms with Gasteiger partial charge < -0.3 is 26.2 Å². The molecule has 4 aliphatic carbocycles. The van der Waals surface area contributed by atoms with Gasteiger partial charge in [-0.1, -0.05) is 37.6 Å². The summed E-state index contributed by atoms with van der Waals surface area (Å²) in [4.78, 5) is 40.8. The van der Waals surface area contributed by atoms with Crippen LogP contribution < -0.4 is 5.73 Å². The molecule has 0 spiro atoms. The van der Waals surface area contributed by atoms with Crippen molar-refractivity contribution in [3.05, 3.63) is 63.5 Å². The fraction of sp³-hybridized carbons (Fsp3) is 0.433. The standard InChI is InChI=1S/C30H34N2O7/c1-13(2)9-14-5-6-15(10-14)17-7-8-20(33)22-18(17)11-16-12-19-24(32(3)4)26(35)23(29(31)38)28(37)30(19,39)27(36)21(16)25(22)34/h5-8,13,16,19,24,33-34,37,39H,9-12H2,1-4H3,(H2,31,38)/t16-,19-,24-,30-/m0/s1. The van der Waals surface area contributed by atoms with Crippen molar-refractivity contribution < 1.29 is 34.8 Å². The van der Waals surface area contributed by atoms with Crippen LogP contribution in [0.5, 0.6) is 5.75 Å². The van der Waals surface area contributed by atoms with E-state index in [2.05, 4.69) is 19.9 Å². The number of allylic oxidation sites excluding steroid dienone is 4. The Hall–Kier alpha value is -3.69. The number of rotatable bonds is 5. The quantitative estimate of drug-likeness (QED) is 0.360. The summed E-state index contributed by atoms with van der Waals surface area (Å²) in [5.41, 5.74) is 5.76. The zero-order chi connectivity index (χ0) is 28.5. The number of amides is 1. The molecule has 0 aromatic heterocycles. The Morgan fingerprint density at radius 2 is 1.85 bits per heavy atom. The van der Waals surface area contributed by atoms with Crippen LogP contribution in [0.25, 0.3) is 11.3 Å². The molecule has 6 N–H and O–H groups in total. The topological polar surface area (TPSA) is 161 Å². The smallest absolute Gasteiger partial charge is 0.255 e. The Balaban J connectivity index is 1.65. The number of hydrogen-bond acceptors (Lipinski definition) is 8. The van der Waals surface area contributed by atoms with E-state index < -0.39 is 58.0 Å². The summed E-state index contributed by atoms with van der Waals surface area (Å²) in [5.74, 6) is -5.99.